The van der Waals surface area contributed by atoms with Crippen LogP contribution in [-0.4, -0.2) is 50.7 Å². The average Bonchev–Trinajstić information content (AvgIpc) is 3.18. The van der Waals surface area contributed by atoms with Gasteiger partial charge in [-0.15, -0.1) is 0 Å². The van der Waals surface area contributed by atoms with Crippen molar-refractivity contribution in [3.05, 3.63) is 18.5 Å². The highest BCUT2D eigenvalue weighted by Crippen LogP contribution is 2.26. The summed E-state index contributed by atoms with van der Waals surface area (Å²) < 4.78 is 1.86. The fourth-order valence-electron chi connectivity index (χ4n) is 4.59. The van der Waals surface area contributed by atoms with Gasteiger partial charge in [-0.05, 0) is 45.6 Å². The Balaban J connectivity index is 1.27. The molecule has 1 saturated heterocycles. The summed E-state index contributed by atoms with van der Waals surface area (Å²) in [6, 6.07) is 1.97. The molecule has 2 aromatic heterocycles. The van der Waals surface area contributed by atoms with Crippen molar-refractivity contribution < 1.29 is 9.59 Å². The summed E-state index contributed by atoms with van der Waals surface area (Å²) in [4.78, 5) is 31.6. The third-order valence-electron chi connectivity index (χ3n) is 6.28. The van der Waals surface area contributed by atoms with Crippen molar-refractivity contribution in [2.75, 3.05) is 18.4 Å². The van der Waals surface area contributed by atoms with Gasteiger partial charge in [-0.25, -0.2) is 14.5 Å². The number of rotatable bonds is 4. The number of nitrogens with zero attached hydrogens (tertiary/aromatic N) is 4. The van der Waals surface area contributed by atoms with Crippen LogP contribution in [0.5, 0.6) is 0 Å². The van der Waals surface area contributed by atoms with Crippen molar-refractivity contribution in [1.82, 2.24) is 25.0 Å². The largest absolute Gasteiger partial charge is 0.342 e. The summed E-state index contributed by atoms with van der Waals surface area (Å²) in [6.45, 7) is 5.56. The predicted molar refractivity (Wildman–Crippen MR) is 116 cm³/mol. The lowest BCUT2D eigenvalue weighted by Gasteiger charge is -2.35. The first-order chi connectivity index (χ1) is 14.5. The minimum absolute atomic E-state index is 0.0841. The summed E-state index contributed by atoms with van der Waals surface area (Å²) in [5.41, 5.74) is 1.46. The fraction of sp³-hybridized carbons (Fsp3) is 0.636. The molecule has 30 heavy (non-hydrogen) atoms. The van der Waals surface area contributed by atoms with Gasteiger partial charge in [0.2, 0.25) is 5.91 Å². The zero-order chi connectivity index (χ0) is 21.1. The molecule has 0 radical (unpaired) electrons. The Morgan fingerprint density at radius 2 is 1.80 bits per heavy atom. The maximum absolute atomic E-state index is 12.7. The van der Waals surface area contributed by atoms with Crippen LogP contribution in [0.4, 0.5) is 10.5 Å². The highest BCUT2D eigenvalue weighted by molar-refractivity contribution is 5.91. The van der Waals surface area contributed by atoms with Gasteiger partial charge in [0.25, 0.3) is 0 Å². The molecular weight excluding hydrogens is 380 g/mol. The number of fused-ring (bicyclic) bond motifs is 1. The van der Waals surface area contributed by atoms with Gasteiger partial charge in [0.1, 0.15) is 0 Å². The third kappa shape index (κ3) is 4.57. The molecule has 162 valence electrons. The van der Waals surface area contributed by atoms with E-state index < -0.39 is 0 Å². The number of piperidine rings is 1. The van der Waals surface area contributed by atoms with Crippen molar-refractivity contribution in [3.8, 4) is 0 Å². The molecule has 3 heterocycles. The summed E-state index contributed by atoms with van der Waals surface area (Å²) in [6.07, 6.45) is 10.7. The molecule has 0 bridgehead atoms. The highest BCUT2D eigenvalue weighted by atomic mass is 16.2. The molecule has 1 aliphatic carbocycles. The first-order valence-electron chi connectivity index (χ1n) is 11.2. The lowest BCUT2D eigenvalue weighted by molar-refractivity contribution is -0.137. The van der Waals surface area contributed by atoms with E-state index in [0.29, 0.717) is 11.6 Å². The molecule has 2 aromatic rings. The van der Waals surface area contributed by atoms with E-state index in [9.17, 15) is 9.59 Å². The maximum Gasteiger partial charge on any atom is 0.319 e. The zero-order valence-electron chi connectivity index (χ0n) is 17.9. The summed E-state index contributed by atoms with van der Waals surface area (Å²) in [5.74, 6) is 0.535. The van der Waals surface area contributed by atoms with Gasteiger partial charge in [-0.3, -0.25) is 4.79 Å². The minimum atomic E-state index is -0.232. The molecule has 2 N–H and O–H groups in total. The standard InChI is InChI=1S/C22H32N6O2/c1-15(2)28-20-17(13-24-28)12-19(14-23-20)26-22(30)25-18-8-10-27(11-9-18)21(29)16-6-4-3-5-7-16/h12-16,18H,3-11H2,1-2H3,(H2,25,26,30). The maximum atomic E-state index is 12.7. The Kier molecular flexibility index (Phi) is 6.20. The van der Waals surface area contributed by atoms with Crippen LogP contribution in [0.1, 0.15) is 64.8 Å². The van der Waals surface area contributed by atoms with E-state index in [1.807, 2.05) is 15.6 Å². The number of amides is 3. The second-order valence-electron chi connectivity index (χ2n) is 8.85. The summed E-state index contributed by atoms with van der Waals surface area (Å²) in [5, 5.41) is 11.2. The normalized spacial score (nSPS) is 18.7. The molecule has 1 aliphatic heterocycles. The Labute approximate surface area is 177 Å². The van der Waals surface area contributed by atoms with Gasteiger partial charge in [0.15, 0.2) is 5.65 Å². The van der Waals surface area contributed by atoms with Crippen LogP contribution >= 0.6 is 0 Å². The molecule has 4 rings (SSSR count). The predicted octanol–water partition coefficient (Wildman–Crippen LogP) is 3.71. The molecule has 8 heteroatoms. The Morgan fingerprint density at radius 1 is 1.07 bits per heavy atom. The lowest BCUT2D eigenvalue weighted by atomic mass is 9.87. The number of aromatic nitrogens is 3. The molecule has 0 unspecified atom stereocenters. The molecule has 2 fully saturated rings. The summed E-state index contributed by atoms with van der Waals surface area (Å²) in [7, 11) is 0. The number of carbonyl (C=O) groups excluding carboxylic acids is 2. The van der Waals surface area contributed by atoms with Crippen LogP contribution in [0.25, 0.3) is 11.0 Å². The van der Waals surface area contributed by atoms with Gasteiger partial charge in [0, 0.05) is 36.5 Å². The SMILES string of the molecule is CC(C)n1ncc2cc(NC(=O)NC3CCN(C(=O)C4CCCCC4)CC3)cnc21. The van der Waals surface area contributed by atoms with E-state index in [0.717, 1.165) is 49.8 Å². The number of hydrogen-bond donors (Lipinski definition) is 2. The van der Waals surface area contributed by atoms with Gasteiger partial charge < -0.3 is 15.5 Å². The quantitative estimate of drug-likeness (QED) is 0.801. The van der Waals surface area contributed by atoms with Crippen molar-refractivity contribution in [2.24, 2.45) is 5.92 Å². The zero-order valence-corrected chi connectivity index (χ0v) is 17.9. The van der Waals surface area contributed by atoms with Crippen LogP contribution < -0.4 is 10.6 Å². The number of hydrogen-bond acceptors (Lipinski definition) is 4. The van der Waals surface area contributed by atoms with Gasteiger partial charge in [0.05, 0.1) is 18.1 Å². The smallest absolute Gasteiger partial charge is 0.319 e. The molecule has 0 spiro atoms. The van der Waals surface area contributed by atoms with Crippen molar-refractivity contribution in [3.63, 3.8) is 0 Å². The molecular formula is C22H32N6O2. The third-order valence-corrected chi connectivity index (χ3v) is 6.28. The van der Waals surface area contributed by atoms with Crippen LogP contribution in [0.2, 0.25) is 0 Å². The van der Waals surface area contributed by atoms with Crippen LogP contribution in [0.3, 0.4) is 0 Å². The Bertz CT molecular complexity index is 894. The van der Waals surface area contributed by atoms with E-state index in [-0.39, 0.29) is 24.0 Å². The number of urea groups is 1. The van der Waals surface area contributed by atoms with E-state index in [2.05, 4.69) is 34.6 Å². The van der Waals surface area contributed by atoms with E-state index in [4.69, 9.17) is 0 Å². The first kappa shape index (κ1) is 20.6. The highest BCUT2D eigenvalue weighted by Gasteiger charge is 2.29. The first-order valence-corrected chi connectivity index (χ1v) is 11.2. The second-order valence-corrected chi connectivity index (χ2v) is 8.85. The van der Waals surface area contributed by atoms with Crippen LogP contribution in [-0.2, 0) is 4.79 Å². The number of anilines is 1. The van der Waals surface area contributed by atoms with Crippen LogP contribution in [0, 0.1) is 5.92 Å². The Hall–Kier alpha value is -2.64. The molecule has 0 aromatic carbocycles. The second kappa shape index (κ2) is 9.02. The lowest BCUT2D eigenvalue weighted by Crippen LogP contribution is -2.49. The fourth-order valence-corrected chi connectivity index (χ4v) is 4.59. The summed E-state index contributed by atoms with van der Waals surface area (Å²) >= 11 is 0. The molecule has 2 aliphatic rings. The molecule has 3 amide bonds. The van der Waals surface area contributed by atoms with Crippen molar-refractivity contribution in [2.45, 2.75) is 70.9 Å². The van der Waals surface area contributed by atoms with Gasteiger partial charge in [-0.1, -0.05) is 19.3 Å². The van der Waals surface area contributed by atoms with Gasteiger partial charge >= 0.3 is 6.03 Å². The average molecular weight is 413 g/mol. The number of likely N-dealkylation sites (tertiary alicyclic amines) is 1. The topological polar surface area (TPSA) is 92.2 Å². The number of pyridine rings is 1. The van der Waals surface area contributed by atoms with E-state index in [1.165, 1.54) is 19.3 Å². The van der Waals surface area contributed by atoms with E-state index in [1.54, 1.807) is 12.4 Å². The number of nitrogens with one attached hydrogen (secondary N) is 2. The molecule has 1 saturated carbocycles. The number of carbonyl (C=O) groups is 2. The van der Waals surface area contributed by atoms with Crippen LogP contribution in [0.15, 0.2) is 18.5 Å². The minimum Gasteiger partial charge on any atom is -0.342 e. The van der Waals surface area contributed by atoms with E-state index >= 15 is 0 Å². The van der Waals surface area contributed by atoms with Gasteiger partial charge in [-0.2, -0.15) is 5.10 Å². The van der Waals surface area contributed by atoms with Crippen molar-refractivity contribution >= 4 is 28.7 Å². The Morgan fingerprint density at radius 3 is 2.50 bits per heavy atom. The molecule has 0 atom stereocenters. The monoisotopic (exact) mass is 412 g/mol. The molecule has 8 nitrogen and oxygen atoms in total. The van der Waals surface area contributed by atoms with Crippen molar-refractivity contribution in [1.29, 1.82) is 0 Å².